The molecule has 2 amide bonds. The molecular formula is C18H37N5O2. The summed E-state index contributed by atoms with van der Waals surface area (Å²) < 4.78 is 0. The van der Waals surface area contributed by atoms with Crippen molar-refractivity contribution in [1.82, 2.24) is 15.1 Å². The Labute approximate surface area is 152 Å². The van der Waals surface area contributed by atoms with Gasteiger partial charge in [-0.2, -0.15) is 0 Å². The van der Waals surface area contributed by atoms with Gasteiger partial charge in [-0.25, -0.2) is 0 Å². The third-order valence-corrected chi connectivity index (χ3v) is 4.53. The van der Waals surface area contributed by atoms with Crippen LogP contribution in [0.3, 0.4) is 0 Å². The highest BCUT2D eigenvalue weighted by Crippen LogP contribution is 2.28. The highest BCUT2D eigenvalue weighted by molar-refractivity contribution is 5.89. The van der Waals surface area contributed by atoms with Crippen LogP contribution in [0.1, 0.15) is 53.9 Å². The van der Waals surface area contributed by atoms with Crippen LogP contribution in [0.25, 0.3) is 0 Å². The number of likely N-dealkylation sites (N-methyl/N-ethyl adjacent to an activating group) is 1. The maximum Gasteiger partial charge on any atom is 0.242 e. The van der Waals surface area contributed by atoms with E-state index in [1.54, 1.807) is 16.8 Å². The molecule has 2 saturated heterocycles. The minimum Gasteiger partial charge on any atom is -0.370 e. The zero-order valence-corrected chi connectivity index (χ0v) is 16.8. The van der Waals surface area contributed by atoms with Gasteiger partial charge in [0.1, 0.15) is 6.04 Å². The van der Waals surface area contributed by atoms with Crippen molar-refractivity contribution in [2.45, 2.75) is 59.9 Å². The molecule has 2 aliphatic rings. The number of nitrogens with one attached hydrogen (secondary N) is 2. The number of rotatable bonds is 2. The topological polar surface area (TPSA) is 103 Å². The fourth-order valence-electron chi connectivity index (χ4n) is 3.31. The highest BCUT2D eigenvalue weighted by Gasteiger charge is 2.40. The lowest BCUT2D eigenvalue weighted by molar-refractivity contribution is -0.142. The van der Waals surface area contributed by atoms with Crippen LogP contribution in [-0.2, 0) is 9.59 Å². The largest absolute Gasteiger partial charge is 0.370 e. The Morgan fingerprint density at radius 2 is 1.64 bits per heavy atom. The second-order valence-corrected chi connectivity index (χ2v) is 6.11. The molecule has 7 heteroatoms. The molecule has 2 fully saturated rings. The Morgan fingerprint density at radius 3 is 2.08 bits per heavy atom. The number of nitrogens with two attached hydrogens (primary N) is 1. The minimum atomic E-state index is -0.330. The minimum absolute atomic E-state index is 0.0574. The molecule has 2 unspecified atom stereocenters. The van der Waals surface area contributed by atoms with E-state index in [1.807, 2.05) is 27.7 Å². The Kier molecular flexibility index (Phi) is 10.9. The molecule has 0 aromatic carbocycles. The van der Waals surface area contributed by atoms with E-state index in [0.29, 0.717) is 38.4 Å². The summed E-state index contributed by atoms with van der Waals surface area (Å²) in [6.45, 7) is 12.0. The number of nitrogens with zero attached hydrogens (tertiary/aromatic N) is 2. The van der Waals surface area contributed by atoms with Gasteiger partial charge in [0.05, 0.1) is 0 Å². The number of hydrogen-bond acceptors (Lipinski definition) is 3. The van der Waals surface area contributed by atoms with Crippen LogP contribution in [0.2, 0.25) is 0 Å². The molecule has 0 bridgehead atoms. The Morgan fingerprint density at radius 1 is 1.12 bits per heavy atom. The van der Waals surface area contributed by atoms with Gasteiger partial charge < -0.3 is 20.9 Å². The zero-order chi connectivity index (χ0) is 19.6. The number of hydrogen-bond donors (Lipinski definition) is 3. The van der Waals surface area contributed by atoms with E-state index in [2.05, 4.69) is 12.2 Å². The van der Waals surface area contributed by atoms with E-state index in [1.165, 1.54) is 0 Å². The van der Waals surface area contributed by atoms with E-state index >= 15 is 0 Å². The molecule has 2 atom stereocenters. The summed E-state index contributed by atoms with van der Waals surface area (Å²) in [6, 6.07) is -0.330. The molecule has 146 valence electrons. The third kappa shape index (κ3) is 6.21. The molecule has 25 heavy (non-hydrogen) atoms. The van der Waals surface area contributed by atoms with E-state index in [9.17, 15) is 9.59 Å². The summed E-state index contributed by atoms with van der Waals surface area (Å²) in [4.78, 5) is 28.2. The summed E-state index contributed by atoms with van der Waals surface area (Å²) in [5, 5.41) is 10.1. The summed E-state index contributed by atoms with van der Waals surface area (Å²) in [7, 11) is 1.61. The smallest absolute Gasteiger partial charge is 0.242 e. The van der Waals surface area contributed by atoms with E-state index in [-0.39, 0.29) is 29.7 Å². The molecular weight excluding hydrogens is 318 g/mol. The van der Waals surface area contributed by atoms with E-state index in [4.69, 9.17) is 11.1 Å². The fraction of sp³-hybridized carbons (Fsp3) is 0.833. The fourth-order valence-corrected chi connectivity index (χ4v) is 3.31. The molecule has 2 heterocycles. The lowest BCUT2D eigenvalue weighted by atomic mass is 9.95. The van der Waals surface area contributed by atoms with Crippen LogP contribution in [0.4, 0.5) is 0 Å². The molecule has 4 N–H and O–H groups in total. The van der Waals surface area contributed by atoms with Crippen LogP contribution in [0, 0.1) is 17.2 Å². The van der Waals surface area contributed by atoms with E-state index in [0.717, 1.165) is 6.42 Å². The van der Waals surface area contributed by atoms with Crippen LogP contribution >= 0.6 is 0 Å². The molecule has 0 radical (unpaired) electrons. The van der Waals surface area contributed by atoms with Crippen LogP contribution in [-0.4, -0.2) is 60.3 Å². The second kappa shape index (κ2) is 11.7. The summed E-state index contributed by atoms with van der Waals surface area (Å²) in [5.41, 5.74) is 5.47. The summed E-state index contributed by atoms with van der Waals surface area (Å²) in [5.74, 6) is 0.371. The Hall–Kier alpha value is -1.79. The van der Waals surface area contributed by atoms with Gasteiger partial charge in [0.15, 0.2) is 5.96 Å². The maximum absolute atomic E-state index is 12.7. The summed E-state index contributed by atoms with van der Waals surface area (Å²) in [6.07, 6.45) is 2.13. The van der Waals surface area contributed by atoms with Gasteiger partial charge in [0.2, 0.25) is 11.8 Å². The molecule has 2 rings (SSSR count). The lowest BCUT2D eigenvalue weighted by Crippen LogP contribution is -2.50. The monoisotopic (exact) mass is 355 g/mol. The van der Waals surface area contributed by atoms with Gasteiger partial charge in [-0.05, 0) is 25.2 Å². The number of amides is 2. The first-order valence-electron chi connectivity index (χ1n) is 9.55. The lowest BCUT2D eigenvalue weighted by Gasteiger charge is -2.34. The van der Waals surface area contributed by atoms with Crippen molar-refractivity contribution in [2.75, 3.05) is 26.7 Å². The van der Waals surface area contributed by atoms with Gasteiger partial charge in [0.25, 0.3) is 0 Å². The SMILES string of the molecule is CC.CC.CNC(=O)C1CC(C)CN1C(=O)C1CCN(C(=N)N)CC1. The molecule has 0 aromatic rings. The first-order valence-corrected chi connectivity index (χ1v) is 9.55. The van der Waals surface area contributed by atoms with Gasteiger partial charge in [-0.3, -0.25) is 15.0 Å². The number of carbonyl (C=O) groups excluding carboxylic acids is 2. The average Bonchev–Trinajstić information content (AvgIpc) is 3.05. The van der Waals surface area contributed by atoms with E-state index < -0.39 is 0 Å². The van der Waals surface area contributed by atoms with Crippen LogP contribution < -0.4 is 11.1 Å². The van der Waals surface area contributed by atoms with Crippen molar-refractivity contribution in [1.29, 1.82) is 5.41 Å². The van der Waals surface area contributed by atoms with Gasteiger partial charge in [0, 0.05) is 32.6 Å². The molecule has 0 spiro atoms. The van der Waals surface area contributed by atoms with Crippen LogP contribution in [0.5, 0.6) is 0 Å². The first-order chi connectivity index (χ1) is 11.9. The van der Waals surface area contributed by atoms with Crippen molar-refractivity contribution in [3.05, 3.63) is 0 Å². The molecule has 0 saturated carbocycles. The molecule has 0 aromatic heterocycles. The van der Waals surface area contributed by atoms with Crippen LogP contribution in [0.15, 0.2) is 0 Å². The van der Waals surface area contributed by atoms with Gasteiger partial charge in [-0.15, -0.1) is 0 Å². The maximum atomic E-state index is 12.7. The van der Waals surface area contributed by atoms with Crippen molar-refractivity contribution < 1.29 is 9.59 Å². The first kappa shape index (κ1) is 23.2. The summed E-state index contributed by atoms with van der Waals surface area (Å²) >= 11 is 0. The molecule has 0 aliphatic carbocycles. The van der Waals surface area contributed by atoms with Crippen molar-refractivity contribution in [3.63, 3.8) is 0 Å². The predicted octanol–water partition coefficient (Wildman–Crippen LogP) is 1.63. The second-order valence-electron chi connectivity index (χ2n) is 6.11. The zero-order valence-electron chi connectivity index (χ0n) is 16.8. The number of guanidine groups is 1. The highest BCUT2D eigenvalue weighted by atomic mass is 16.2. The Bertz CT molecular complexity index is 433. The quantitative estimate of drug-likeness (QED) is 0.517. The van der Waals surface area contributed by atoms with Crippen molar-refractivity contribution >= 4 is 17.8 Å². The normalized spacial score (nSPS) is 23.0. The predicted molar refractivity (Wildman–Crippen MR) is 102 cm³/mol. The molecule has 2 aliphatic heterocycles. The number of likely N-dealkylation sites (tertiary alicyclic amines) is 2. The van der Waals surface area contributed by atoms with Crippen molar-refractivity contribution in [2.24, 2.45) is 17.6 Å². The Balaban J connectivity index is 0.00000134. The van der Waals surface area contributed by atoms with Gasteiger partial charge in [-0.1, -0.05) is 34.6 Å². The molecule has 7 nitrogen and oxygen atoms in total. The standard InChI is InChI=1S/C14H25N5O2.2C2H6/c1-9-7-11(12(20)17-2)19(8-9)13(21)10-3-5-18(6-4-10)14(15)16;2*1-2/h9-11H,3-8H2,1-2H3,(H3,15,16)(H,17,20);2*1-2H3. The number of piperidine rings is 1. The average molecular weight is 356 g/mol. The van der Waals surface area contributed by atoms with Crippen molar-refractivity contribution in [3.8, 4) is 0 Å². The number of carbonyl (C=O) groups is 2. The third-order valence-electron chi connectivity index (χ3n) is 4.53. The van der Waals surface area contributed by atoms with Gasteiger partial charge >= 0.3 is 0 Å².